The molecule has 3 heteroatoms. The molecule has 0 radical (unpaired) electrons. The molecule has 0 heterocycles. The molecule has 1 atom stereocenters. The fraction of sp³-hybridized carbons (Fsp3) is 0.875. The highest BCUT2D eigenvalue weighted by Crippen LogP contribution is 2.11. The van der Waals surface area contributed by atoms with Crippen molar-refractivity contribution in [3.8, 4) is 0 Å². The molecule has 0 aromatic carbocycles. The third-order valence-electron chi connectivity index (χ3n) is 2.13. The van der Waals surface area contributed by atoms with Gasteiger partial charge in [0.2, 0.25) is 0 Å². The lowest BCUT2D eigenvalue weighted by molar-refractivity contribution is 0.239. The Balaban J connectivity index is 3.78. The van der Waals surface area contributed by atoms with Crippen LogP contribution in [0.1, 0.15) is 33.6 Å². The summed E-state index contributed by atoms with van der Waals surface area (Å²) in [6, 6.07) is -0.230. The van der Waals surface area contributed by atoms with Gasteiger partial charge in [0.05, 0.1) is 0 Å². The Hall–Kier alpha value is -0.730. The molecule has 0 saturated heterocycles. The van der Waals surface area contributed by atoms with Crippen LogP contribution in [-0.4, -0.2) is 12.1 Å². The van der Waals surface area contributed by atoms with Gasteiger partial charge in [-0.3, -0.25) is 0 Å². The number of carbonyl (C=O) groups is 1. The minimum Gasteiger partial charge on any atom is -0.352 e. The summed E-state index contributed by atoms with van der Waals surface area (Å²) in [5.41, 5.74) is 4.99. The summed E-state index contributed by atoms with van der Waals surface area (Å²) in [4.78, 5) is 10.5. The average molecular weight is 158 g/mol. The zero-order valence-electron chi connectivity index (χ0n) is 7.55. The van der Waals surface area contributed by atoms with Gasteiger partial charge in [-0.25, -0.2) is 4.79 Å². The molecular weight excluding hydrogens is 140 g/mol. The van der Waals surface area contributed by atoms with Crippen LogP contribution in [0.5, 0.6) is 0 Å². The van der Waals surface area contributed by atoms with Crippen LogP contribution in [0.15, 0.2) is 0 Å². The standard InChI is InChI=1S/C8H18N2O/c1-4-7(5-2)6(3)10-8(9)11/h6-7H,4-5H2,1-3H3,(H3,9,10,11). The van der Waals surface area contributed by atoms with Crippen LogP contribution in [0.4, 0.5) is 4.79 Å². The van der Waals surface area contributed by atoms with Gasteiger partial charge in [0.25, 0.3) is 0 Å². The molecule has 1 unspecified atom stereocenters. The predicted octanol–water partition coefficient (Wildman–Crippen LogP) is 1.48. The van der Waals surface area contributed by atoms with Gasteiger partial charge in [0.15, 0.2) is 0 Å². The van der Waals surface area contributed by atoms with Crippen LogP contribution in [-0.2, 0) is 0 Å². The van der Waals surface area contributed by atoms with Crippen molar-refractivity contribution < 1.29 is 4.79 Å². The summed E-state index contributed by atoms with van der Waals surface area (Å²) in [6.45, 7) is 6.23. The predicted molar refractivity (Wildman–Crippen MR) is 46.3 cm³/mol. The van der Waals surface area contributed by atoms with E-state index in [0.717, 1.165) is 12.8 Å². The summed E-state index contributed by atoms with van der Waals surface area (Å²) < 4.78 is 0. The maximum atomic E-state index is 10.5. The van der Waals surface area contributed by atoms with Crippen LogP contribution < -0.4 is 11.1 Å². The van der Waals surface area contributed by atoms with E-state index in [1.807, 2.05) is 6.92 Å². The van der Waals surface area contributed by atoms with Gasteiger partial charge in [-0.15, -0.1) is 0 Å². The van der Waals surface area contributed by atoms with Gasteiger partial charge in [-0.2, -0.15) is 0 Å². The monoisotopic (exact) mass is 158 g/mol. The number of amides is 2. The molecule has 0 aliphatic rings. The molecule has 3 nitrogen and oxygen atoms in total. The Labute approximate surface area is 68.3 Å². The normalized spacial score (nSPS) is 13.1. The number of rotatable bonds is 4. The van der Waals surface area contributed by atoms with Gasteiger partial charge in [-0.05, 0) is 12.8 Å². The maximum absolute atomic E-state index is 10.5. The lowest BCUT2D eigenvalue weighted by atomic mass is 9.96. The van der Waals surface area contributed by atoms with Crippen LogP contribution in [0.25, 0.3) is 0 Å². The lowest BCUT2D eigenvalue weighted by Crippen LogP contribution is -2.40. The number of nitrogens with two attached hydrogens (primary N) is 1. The number of nitrogens with one attached hydrogen (secondary N) is 1. The van der Waals surface area contributed by atoms with E-state index in [1.54, 1.807) is 0 Å². The Bertz CT molecular complexity index is 121. The molecule has 0 fully saturated rings. The quantitative estimate of drug-likeness (QED) is 0.639. The molecule has 3 N–H and O–H groups in total. The first-order valence-corrected chi connectivity index (χ1v) is 4.17. The smallest absolute Gasteiger partial charge is 0.312 e. The third kappa shape index (κ3) is 3.86. The van der Waals surface area contributed by atoms with Crippen molar-refractivity contribution >= 4 is 6.03 Å². The molecule has 0 aliphatic heterocycles. The number of hydrogen-bond acceptors (Lipinski definition) is 1. The molecule has 0 aromatic heterocycles. The molecule has 2 amide bonds. The van der Waals surface area contributed by atoms with E-state index in [-0.39, 0.29) is 6.04 Å². The minimum absolute atomic E-state index is 0.197. The molecule has 66 valence electrons. The molecule has 0 aliphatic carbocycles. The Kier molecular flexibility index (Phi) is 4.66. The summed E-state index contributed by atoms with van der Waals surface area (Å²) in [7, 11) is 0. The van der Waals surface area contributed by atoms with E-state index in [2.05, 4.69) is 19.2 Å². The van der Waals surface area contributed by atoms with Gasteiger partial charge in [-0.1, -0.05) is 26.7 Å². The molecule has 0 saturated carbocycles. The summed E-state index contributed by atoms with van der Waals surface area (Å²) >= 11 is 0. The van der Waals surface area contributed by atoms with Crippen molar-refractivity contribution in [3.05, 3.63) is 0 Å². The first-order chi connectivity index (χ1) is 5.11. The minimum atomic E-state index is -0.426. The maximum Gasteiger partial charge on any atom is 0.312 e. The number of hydrogen-bond donors (Lipinski definition) is 2. The van der Waals surface area contributed by atoms with E-state index >= 15 is 0 Å². The van der Waals surface area contributed by atoms with Gasteiger partial charge in [0, 0.05) is 6.04 Å². The fourth-order valence-electron chi connectivity index (χ4n) is 1.34. The average Bonchev–Trinajstić information content (AvgIpc) is 1.88. The lowest BCUT2D eigenvalue weighted by Gasteiger charge is -2.21. The second-order valence-corrected chi connectivity index (χ2v) is 2.87. The highest BCUT2D eigenvalue weighted by Gasteiger charge is 2.13. The van der Waals surface area contributed by atoms with E-state index < -0.39 is 6.03 Å². The molecular formula is C8H18N2O. The zero-order chi connectivity index (χ0) is 8.85. The van der Waals surface area contributed by atoms with Crippen molar-refractivity contribution in [2.45, 2.75) is 39.7 Å². The largest absolute Gasteiger partial charge is 0.352 e. The number of primary amides is 1. The first kappa shape index (κ1) is 10.3. The summed E-state index contributed by atoms with van der Waals surface area (Å²) in [5, 5.41) is 2.68. The highest BCUT2D eigenvalue weighted by molar-refractivity contribution is 5.71. The first-order valence-electron chi connectivity index (χ1n) is 4.17. The SMILES string of the molecule is CCC(CC)C(C)NC(N)=O. The van der Waals surface area contributed by atoms with Crippen molar-refractivity contribution in [3.63, 3.8) is 0 Å². The number of urea groups is 1. The van der Waals surface area contributed by atoms with Crippen molar-refractivity contribution in [1.29, 1.82) is 0 Å². The zero-order valence-corrected chi connectivity index (χ0v) is 7.55. The van der Waals surface area contributed by atoms with E-state index in [1.165, 1.54) is 0 Å². The molecule has 0 spiro atoms. The van der Waals surface area contributed by atoms with E-state index in [0.29, 0.717) is 5.92 Å². The van der Waals surface area contributed by atoms with Gasteiger partial charge >= 0.3 is 6.03 Å². The van der Waals surface area contributed by atoms with Crippen LogP contribution in [0, 0.1) is 5.92 Å². The van der Waals surface area contributed by atoms with Crippen LogP contribution >= 0.6 is 0 Å². The topological polar surface area (TPSA) is 55.1 Å². The van der Waals surface area contributed by atoms with Gasteiger partial charge in [0.1, 0.15) is 0 Å². The van der Waals surface area contributed by atoms with E-state index in [9.17, 15) is 4.79 Å². The Morgan fingerprint density at radius 3 is 2.18 bits per heavy atom. The summed E-state index contributed by atoms with van der Waals surface area (Å²) in [5.74, 6) is 0.544. The second-order valence-electron chi connectivity index (χ2n) is 2.87. The Morgan fingerprint density at radius 2 is 1.91 bits per heavy atom. The van der Waals surface area contributed by atoms with Crippen molar-refractivity contribution in [1.82, 2.24) is 5.32 Å². The van der Waals surface area contributed by atoms with Crippen molar-refractivity contribution in [2.24, 2.45) is 11.7 Å². The third-order valence-corrected chi connectivity index (χ3v) is 2.13. The van der Waals surface area contributed by atoms with Gasteiger partial charge < -0.3 is 11.1 Å². The summed E-state index contributed by atoms with van der Waals surface area (Å²) in [6.07, 6.45) is 2.16. The van der Waals surface area contributed by atoms with Crippen LogP contribution in [0.2, 0.25) is 0 Å². The molecule has 0 rings (SSSR count). The Morgan fingerprint density at radius 1 is 1.45 bits per heavy atom. The fourth-order valence-corrected chi connectivity index (χ4v) is 1.34. The van der Waals surface area contributed by atoms with Crippen molar-refractivity contribution in [2.75, 3.05) is 0 Å². The number of carbonyl (C=O) groups excluding carboxylic acids is 1. The molecule has 0 bridgehead atoms. The van der Waals surface area contributed by atoms with Crippen LogP contribution in [0.3, 0.4) is 0 Å². The van der Waals surface area contributed by atoms with E-state index in [4.69, 9.17) is 5.73 Å². The molecule has 0 aromatic rings. The highest BCUT2D eigenvalue weighted by atomic mass is 16.2. The molecule has 11 heavy (non-hydrogen) atoms. The second kappa shape index (κ2) is 4.99.